The van der Waals surface area contributed by atoms with Gasteiger partial charge in [0.1, 0.15) is 12.4 Å². The summed E-state index contributed by atoms with van der Waals surface area (Å²) in [6.07, 6.45) is 0.995. The summed E-state index contributed by atoms with van der Waals surface area (Å²) < 4.78 is 5.81. The Morgan fingerprint density at radius 2 is 1.96 bits per heavy atom. The van der Waals surface area contributed by atoms with Gasteiger partial charge in [-0.3, -0.25) is 9.89 Å². The highest BCUT2D eigenvalue weighted by Gasteiger charge is 2.19. The third-order valence-electron chi connectivity index (χ3n) is 4.63. The van der Waals surface area contributed by atoms with E-state index in [9.17, 15) is 0 Å². The lowest BCUT2D eigenvalue weighted by Crippen LogP contribution is -2.52. The lowest BCUT2D eigenvalue weighted by Gasteiger charge is -2.36. The van der Waals surface area contributed by atoms with Gasteiger partial charge < -0.3 is 15.0 Å². The Balaban J connectivity index is 0.00000280. The number of benzene rings is 1. The van der Waals surface area contributed by atoms with Crippen molar-refractivity contribution >= 4 is 41.3 Å². The molecular weight excluding hydrogens is 485 g/mol. The largest absolute Gasteiger partial charge is 0.492 e. The minimum Gasteiger partial charge on any atom is -0.492 e. The van der Waals surface area contributed by atoms with Gasteiger partial charge in [0.25, 0.3) is 0 Å². The molecule has 1 aromatic carbocycles. The summed E-state index contributed by atoms with van der Waals surface area (Å²) in [7, 11) is 1.85. The number of thiazole rings is 1. The van der Waals surface area contributed by atoms with Crippen LogP contribution in [0.1, 0.15) is 17.6 Å². The van der Waals surface area contributed by atoms with E-state index in [1.54, 1.807) is 11.3 Å². The van der Waals surface area contributed by atoms with Crippen molar-refractivity contribution in [2.24, 2.45) is 4.99 Å². The lowest BCUT2D eigenvalue weighted by atomic mass is 10.3. The van der Waals surface area contributed by atoms with Crippen LogP contribution in [0.3, 0.4) is 0 Å². The van der Waals surface area contributed by atoms with Crippen molar-refractivity contribution < 1.29 is 4.74 Å². The first-order valence-corrected chi connectivity index (χ1v) is 10.5. The Kier molecular flexibility index (Phi) is 10.0. The number of para-hydroxylation sites is 1. The van der Waals surface area contributed by atoms with E-state index in [0.29, 0.717) is 0 Å². The average Bonchev–Trinajstić information content (AvgIpc) is 3.18. The van der Waals surface area contributed by atoms with E-state index in [1.165, 1.54) is 5.01 Å². The van der Waals surface area contributed by atoms with Crippen LogP contribution in [0.25, 0.3) is 0 Å². The highest BCUT2D eigenvalue weighted by atomic mass is 127. The zero-order valence-corrected chi connectivity index (χ0v) is 19.8. The van der Waals surface area contributed by atoms with Crippen molar-refractivity contribution in [3.63, 3.8) is 0 Å². The zero-order valence-electron chi connectivity index (χ0n) is 16.6. The normalized spacial score (nSPS) is 15.2. The number of rotatable bonds is 7. The van der Waals surface area contributed by atoms with Crippen molar-refractivity contribution in [2.75, 3.05) is 46.4 Å². The van der Waals surface area contributed by atoms with Crippen molar-refractivity contribution in [1.29, 1.82) is 0 Å². The van der Waals surface area contributed by atoms with Gasteiger partial charge in [0.15, 0.2) is 5.96 Å². The van der Waals surface area contributed by atoms with E-state index >= 15 is 0 Å². The molecule has 1 aromatic heterocycles. The standard InChI is InChI=1S/C20H29N5OS.HI/c1-3-19-23-17(16-27-19)15-22-20(21-2)25-11-9-24(10-12-25)13-14-26-18-7-5-4-6-8-18;/h4-8,16H,3,9-15H2,1-2H3,(H,21,22);1H. The highest BCUT2D eigenvalue weighted by Crippen LogP contribution is 2.11. The summed E-state index contributed by atoms with van der Waals surface area (Å²) in [5.41, 5.74) is 1.09. The van der Waals surface area contributed by atoms with Crippen LogP contribution < -0.4 is 10.1 Å². The summed E-state index contributed by atoms with van der Waals surface area (Å²) in [5, 5.41) is 6.77. The van der Waals surface area contributed by atoms with E-state index in [2.05, 4.69) is 37.4 Å². The van der Waals surface area contributed by atoms with E-state index in [1.807, 2.05) is 37.4 Å². The number of guanidine groups is 1. The summed E-state index contributed by atoms with van der Waals surface area (Å²) in [4.78, 5) is 13.8. The molecule has 28 heavy (non-hydrogen) atoms. The number of aryl methyl sites for hydroxylation is 1. The molecule has 2 aromatic rings. The number of halogens is 1. The Bertz CT molecular complexity index is 716. The van der Waals surface area contributed by atoms with Gasteiger partial charge in [0.05, 0.1) is 17.2 Å². The summed E-state index contributed by atoms with van der Waals surface area (Å²) >= 11 is 1.73. The van der Waals surface area contributed by atoms with Crippen LogP contribution in [0, 0.1) is 0 Å². The summed E-state index contributed by atoms with van der Waals surface area (Å²) in [6, 6.07) is 10.0. The first-order chi connectivity index (χ1) is 13.3. The van der Waals surface area contributed by atoms with Crippen LogP contribution in [0.4, 0.5) is 0 Å². The molecule has 3 rings (SSSR count). The van der Waals surface area contributed by atoms with Crippen LogP contribution in [0.5, 0.6) is 5.75 Å². The molecule has 1 saturated heterocycles. The average molecular weight is 515 g/mol. The molecule has 0 saturated carbocycles. The monoisotopic (exact) mass is 515 g/mol. The molecule has 0 spiro atoms. The molecule has 2 heterocycles. The zero-order chi connectivity index (χ0) is 18.9. The minimum atomic E-state index is 0. The molecular formula is C20H30IN5OS. The summed E-state index contributed by atoms with van der Waals surface area (Å²) in [6.45, 7) is 8.54. The number of aliphatic imine (C=N–C) groups is 1. The molecule has 0 atom stereocenters. The second-order valence-corrected chi connectivity index (χ2v) is 7.42. The van der Waals surface area contributed by atoms with Gasteiger partial charge in [-0.2, -0.15) is 0 Å². The number of hydrogen-bond acceptors (Lipinski definition) is 5. The molecule has 1 fully saturated rings. The van der Waals surface area contributed by atoms with Crippen molar-refractivity contribution in [1.82, 2.24) is 20.1 Å². The maximum absolute atomic E-state index is 5.81. The molecule has 0 amide bonds. The number of hydrogen-bond donors (Lipinski definition) is 1. The number of piperazine rings is 1. The molecule has 0 bridgehead atoms. The maximum atomic E-state index is 5.81. The number of aromatic nitrogens is 1. The van der Waals surface area contributed by atoms with Gasteiger partial charge in [0, 0.05) is 45.2 Å². The fourth-order valence-electron chi connectivity index (χ4n) is 3.09. The number of ether oxygens (including phenoxy) is 1. The second kappa shape index (κ2) is 12.2. The quantitative estimate of drug-likeness (QED) is 0.349. The van der Waals surface area contributed by atoms with Crippen LogP contribution in [-0.4, -0.2) is 67.1 Å². The maximum Gasteiger partial charge on any atom is 0.194 e. The molecule has 0 aliphatic carbocycles. The predicted octanol–water partition coefficient (Wildman–Crippen LogP) is 3.10. The SMILES string of the molecule is CCc1nc(CNC(=NC)N2CCN(CCOc3ccccc3)CC2)cs1.I. The Hall–Kier alpha value is -1.39. The summed E-state index contributed by atoms with van der Waals surface area (Å²) in [5.74, 6) is 1.90. The van der Waals surface area contributed by atoms with Gasteiger partial charge >= 0.3 is 0 Å². The van der Waals surface area contributed by atoms with Gasteiger partial charge in [-0.1, -0.05) is 25.1 Å². The van der Waals surface area contributed by atoms with Gasteiger partial charge in [-0.25, -0.2) is 4.98 Å². The van der Waals surface area contributed by atoms with Crippen molar-refractivity contribution in [3.05, 3.63) is 46.4 Å². The van der Waals surface area contributed by atoms with Crippen LogP contribution in [-0.2, 0) is 13.0 Å². The van der Waals surface area contributed by atoms with Gasteiger partial charge in [-0.05, 0) is 18.6 Å². The second-order valence-electron chi connectivity index (χ2n) is 6.48. The van der Waals surface area contributed by atoms with Gasteiger partial charge in [0.2, 0.25) is 0 Å². The first kappa shape index (κ1) is 22.9. The molecule has 1 aliphatic rings. The Morgan fingerprint density at radius 1 is 1.21 bits per heavy atom. The number of nitrogens with zero attached hydrogens (tertiary/aromatic N) is 4. The Labute approximate surface area is 189 Å². The molecule has 154 valence electrons. The molecule has 6 nitrogen and oxygen atoms in total. The van der Waals surface area contributed by atoms with E-state index in [-0.39, 0.29) is 24.0 Å². The molecule has 1 aliphatic heterocycles. The third-order valence-corrected chi connectivity index (χ3v) is 5.67. The van der Waals surface area contributed by atoms with E-state index < -0.39 is 0 Å². The van der Waals surface area contributed by atoms with Crippen molar-refractivity contribution in [2.45, 2.75) is 19.9 Å². The molecule has 8 heteroatoms. The smallest absolute Gasteiger partial charge is 0.194 e. The van der Waals surface area contributed by atoms with Crippen LogP contribution in [0.2, 0.25) is 0 Å². The van der Waals surface area contributed by atoms with Crippen LogP contribution >= 0.6 is 35.3 Å². The minimum absolute atomic E-state index is 0. The Morgan fingerprint density at radius 3 is 2.61 bits per heavy atom. The van der Waals surface area contributed by atoms with E-state index in [0.717, 1.165) is 69.7 Å². The topological polar surface area (TPSA) is 53.0 Å². The first-order valence-electron chi connectivity index (χ1n) is 9.57. The van der Waals surface area contributed by atoms with Crippen molar-refractivity contribution in [3.8, 4) is 5.75 Å². The number of nitrogens with one attached hydrogen (secondary N) is 1. The lowest BCUT2D eigenvalue weighted by molar-refractivity contribution is 0.152. The fourth-order valence-corrected chi connectivity index (χ4v) is 3.83. The van der Waals surface area contributed by atoms with E-state index in [4.69, 9.17) is 4.74 Å². The third kappa shape index (κ3) is 6.89. The molecule has 1 N–H and O–H groups in total. The van der Waals surface area contributed by atoms with Crippen LogP contribution in [0.15, 0.2) is 40.7 Å². The molecule has 0 unspecified atom stereocenters. The predicted molar refractivity (Wildman–Crippen MR) is 127 cm³/mol. The highest BCUT2D eigenvalue weighted by molar-refractivity contribution is 14.0. The van der Waals surface area contributed by atoms with Gasteiger partial charge in [-0.15, -0.1) is 35.3 Å². The fraction of sp³-hybridized carbons (Fsp3) is 0.500. The molecule has 0 radical (unpaired) electrons.